The molecule has 0 spiro atoms. The molecule has 0 bridgehead atoms. The summed E-state index contributed by atoms with van der Waals surface area (Å²) in [6.45, 7) is 0.810. The molecule has 3 heterocycles. The van der Waals surface area contributed by atoms with Crippen LogP contribution in [-0.2, 0) is 104 Å². The van der Waals surface area contributed by atoms with E-state index < -0.39 is 130 Å². The van der Waals surface area contributed by atoms with Gasteiger partial charge in [-0.1, -0.05) is 170 Å². The topological polar surface area (TPSA) is 232 Å². The average Bonchev–Trinajstić information content (AvgIpc) is 3.51. The lowest BCUT2D eigenvalue weighted by molar-refractivity contribution is -0.371. The van der Waals surface area contributed by atoms with Crippen molar-refractivity contribution in [2.24, 2.45) is 0 Å². The molecule has 440 valence electrons. The van der Waals surface area contributed by atoms with E-state index in [1.165, 1.54) is 0 Å². The molecule has 6 aromatic carbocycles. The van der Waals surface area contributed by atoms with Gasteiger partial charge in [0.2, 0.25) is 0 Å². The number of rotatable bonds is 26. The van der Waals surface area contributed by atoms with Crippen LogP contribution < -0.4 is 0 Å². The van der Waals surface area contributed by atoms with E-state index >= 15 is 0 Å². The second kappa shape index (κ2) is 30.7. The second-order valence-corrected chi connectivity index (χ2v) is 20.2. The maximum absolute atomic E-state index is 13.8. The number of carbonyl (C=O) groups excluding carboxylic acids is 3. The van der Waals surface area contributed by atoms with Crippen LogP contribution in [0, 0.1) is 0 Å². The third-order valence-electron chi connectivity index (χ3n) is 14.1. The highest BCUT2D eigenvalue weighted by Gasteiger charge is 2.56. The van der Waals surface area contributed by atoms with Crippen molar-refractivity contribution in [1.82, 2.24) is 0 Å². The Hall–Kier alpha value is -6.79. The number of hydrogen-bond acceptors (Lipinski definition) is 19. The Morgan fingerprint density at radius 2 is 0.795 bits per heavy atom. The van der Waals surface area contributed by atoms with Crippen molar-refractivity contribution in [2.45, 2.75) is 139 Å². The van der Waals surface area contributed by atoms with E-state index in [-0.39, 0.29) is 38.6 Å². The molecule has 0 aliphatic carbocycles. The molecule has 19 heteroatoms. The zero-order chi connectivity index (χ0) is 57.9. The lowest BCUT2D eigenvalue weighted by Crippen LogP contribution is -2.67. The summed E-state index contributed by atoms with van der Waals surface area (Å²) in [4.78, 5) is 40.5. The summed E-state index contributed by atoms with van der Waals surface area (Å²) in [5, 5.41) is 34.5. The molecular formula is C64H70O19. The minimum absolute atomic E-state index is 0.00794. The molecule has 3 fully saturated rings. The minimum atomic E-state index is -1.65. The number of benzene rings is 6. The van der Waals surface area contributed by atoms with E-state index in [4.69, 9.17) is 61.6 Å². The van der Waals surface area contributed by atoms with E-state index in [1.54, 1.807) is 30.3 Å². The van der Waals surface area contributed by atoms with E-state index in [1.807, 2.05) is 152 Å². The van der Waals surface area contributed by atoms with Crippen LogP contribution in [0.2, 0.25) is 0 Å². The number of ether oxygens (including phenoxy) is 13. The van der Waals surface area contributed by atoms with Gasteiger partial charge in [0.05, 0.1) is 51.8 Å². The predicted molar refractivity (Wildman–Crippen MR) is 295 cm³/mol. The largest absolute Gasteiger partial charge is 0.459 e. The average molecular weight is 1140 g/mol. The first-order valence-corrected chi connectivity index (χ1v) is 27.6. The maximum Gasteiger partial charge on any atom is 0.338 e. The van der Waals surface area contributed by atoms with Gasteiger partial charge in [0.15, 0.2) is 31.1 Å². The Bertz CT molecular complexity index is 2870. The summed E-state index contributed by atoms with van der Waals surface area (Å²) in [6, 6.07) is 54.9. The van der Waals surface area contributed by atoms with Crippen LogP contribution in [0.5, 0.6) is 0 Å². The van der Waals surface area contributed by atoms with Gasteiger partial charge < -0.3 is 76.9 Å². The Labute approximate surface area is 481 Å². The first-order valence-electron chi connectivity index (χ1n) is 27.6. The molecule has 15 atom stereocenters. The SMILES string of the molecule is CC(=O)O[C@@H]1[C@@H](OC(C)=O)[C@H](OC[C@H]2O[C@@H](O)[C@H](OCc3ccccc3)[C@@H](OCc3ccccc3)[C@H]2OCc2ccccc2)O[C@H](COC(=O)c2ccccc2)[C@H]1O[C@H]1O[C@H](CO)[C@H](O)[C@H](OCc2ccccc2)[C@H]1OCc1ccccc1. The Balaban J connectivity index is 1.05. The minimum Gasteiger partial charge on any atom is -0.459 e. The van der Waals surface area contributed by atoms with E-state index in [0.717, 1.165) is 41.7 Å². The molecule has 3 aliphatic rings. The maximum atomic E-state index is 13.8. The van der Waals surface area contributed by atoms with Gasteiger partial charge in [-0.3, -0.25) is 9.59 Å². The van der Waals surface area contributed by atoms with E-state index in [9.17, 15) is 29.7 Å². The normalized spacial score (nSPS) is 27.9. The van der Waals surface area contributed by atoms with Gasteiger partial charge in [0, 0.05) is 13.8 Å². The molecule has 0 aromatic heterocycles. The summed E-state index contributed by atoms with van der Waals surface area (Å²) in [5.74, 6) is -2.43. The molecule has 83 heavy (non-hydrogen) atoms. The molecule has 6 aromatic rings. The van der Waals surface area contributed by atoms with Crippen molar-refractivity contribution in [2.75, 3.05) is 19.8 Å². The molecule has 3 N–H and O–H groups in total. The smallest absolute Gasteiger partial charge is 0.338 e. The van der Waals surface area contributed by atoms with E-state index in [2.05, 4.69) is 0 Å². The molecule has 3 saturated heterocycles. The zero-order valence-corrected chi connectivity index (χ0v) is 46.0. The second-order valence-electron chi connectivity index (χ2n) is 20.2. The van der Waals surface area contributed by atoms with Gasteiger partial charge in [-0.2, -0.15) is 0 Å². The first kappa shape index (κ1) is 60.8. The number of esters is 3. The number of aliphatic hydroxyl groups is 3. The highest BCUT2D eigenvalue weighted by Crippen LogP contribution is 2.37. The van der Waals surface area contributed by atoms with Gasteiger partial charge in [0.1, 0.15) is 67.6 Å². The van der Waals surface area contributed by atoms with Gasteiger partial charge in [-0.25, -0.2) is 4.79 Å². The van der Waals surface area contributed by atoms with Crippen molar-refractivity contribution in [3.63, 3.8) is 0 Å². The highest BCUT2D eigenvalue weighted by molar-refractivity contribution is 5.89. The van der Waals surface area contributed by atoms with Crippen molar-refractivity contribution in [1.29, 1.82) is 0 Å². The number of carbonyl (C=O) groups is 3. The van der Waals surface area contributed by atoms with Crippen LogP contribution in [0.25, 0.3) is 0 Å². The third kappa shape index (κ3) is 17.0. The molecule has 0 radical (unpaired) electrons. The quantitative estimate of drug-likeness (QED) is 0.0386. The summed E-state index contributed by atoms with van der Waals surface area (Å²) in [6.07, 6.45) is -20.6. The summed E-state index contributed by atoms with van der Waals surface area (Å²) in [7, 11) is 0. The van der Waals surface area contributed by atoms with Crippen LogP contribution >= 0.6 is 0 Å². The molecular weight excluding hydrogens is 1070 g/mol. The number of aliphatic hydroxyl groups excluding tert-OH is 3. The number of hydrogen-bond donors (Lipinski definition) is 3. The molecule has 0 amide bonds. The Morgan fingerprint density at radius 3 is 1.27 bits per heavy atom. The van der Waals surface area contributed by atoms with Crippen LogP contribution in [0.3, 0.4) is 0 Å². The molecule has 0 saturated carbocycles. The molecule has 3 aliphatic heterocycles. The summed E-state index contributed by atoms with van der Waals surface area (Å²) < 4.78 is 83.7. The van der Waals surface area contributed by atoms with E-state index in [0.29, 0.717) is 0 Å². The van der Waals surface area contributed by atoms with Gasteiger partial charge >= 0.3 is 17.9 Å². The highest BCUT2D eigenvalue weighted by atomic mass is 16.8. The van der Waals surface area contributed by atoms with Crippen LogP contribution in [0.4, 0.5) is 0 Å². The Kier molecular flexibility index (Phi) is 22.5. The van der Waals surface area contributed by atoms with Crippen molar-refractivity contribution < 1.29 is 91.3 Å². The standard InChI is InChI=1S/C64H70O19/c1-41(66)78-57-54(83-64-59(75-38-47-29-17-7-18-30-47)55(52(68)49(33-65)81-64)72-35-44-23-11-4-12-24-44)51(39-76-61(69)48-31-19-8-20-32-48)82-63(60(57)79-42(2)67)77-40-50-53(71-34-43-21-9-3-10-22-43)56(73-36-45-25-13-5-14-26-45)58(62(70)80-50)74-37-46-27-15-6-16-28-46/h3-32,49-60,62-65,68,70H,33-40H2,1-2H3/t49-,50-,51-,52+,53+,54-,55+,56+,57+,58-,59-,60-,62-,63-,64-/m1/s1. The molecule has 9 rings (SSSR count). The predicted octanol–water partition coefficient (Wildman–Crippen LogP) is 6.56. The van der Waals surface area contributed by atoms with Gasteiger partial charge in [-0.05, 0) is 39.9 Å². The van der Waals surface area contributed by atoms with Crippen molar-refractivity contribution in [3.05, 3.63) is 215 Å². The lowest BCUT2D eigenvalue weighted by Gasteiger charge is -2.49. The fourth-order valence-corrected chi connectivity index (χ4v) is 10.1. The van der Waals surface area contributed by atoms with Crippen LogP contribution in [-0.4, -0.2) is 145 Å². The fourth-order valence-electron chi connectivity index (χ4n) is 10.1. The zero-order valence-electron chi connectivity index (χ0n) is 46.0. The summed E-state index contributed by atoms with van der Waals surface area (Å²) in [5.41, 5.74) is 4.21. The molecule has 0 unspecified atom stereocenters. The van der Waals surface area contributed by atoms with Crippen LogP contribution in [0.15, 0.2) is 182 Å². The van der Waals surface area contributed by atoms with Crippen LogP contribution in [0.1, 0.15) is 52.0 Å². The monoisotopic (exact) mass is 1140 g/mol. The Morgan fingerprint density at radius 1 is 0.398 bits per heavy atom. The van der Waals surface area contributed by atoms with Crippen molar-refractivity contribution >= 4 is 17.9 Å². The first-order chi connectivity index (χ1) is 40.5. The third-order valence-corrected chi connectivity index (χ3v) is 14.1. The molecule has 19 nitrogen and oxygen atoms in total. The lowest BCUT2D eigenvalue weighted by atomic mass is 9.96. The fraction of sp³-hybridized carbons (Fsp3) is 0.391. The van der Waals surface area contributed by atoms with Crippen molar-refractivity contribution in [3.8, 4) is 0 Å². The van der Waals surface area contributed by atoms with Gasteiger partial charge in [0.25, 0.3) is 0 Å². The van der Waals surface area contributed by atoms with Gasteiger partial charge in [-0.15, -0.1) is 0 Å². The summed E-state index contributed by atoms with van der Waals surface area (Å²) >= 11 is 0.